The summed E-state index contributed by atoms with van der Waals surface area (Å²) in [6.45, 7) is 4.78. The van der Waals surface area contributed by atoms with E-state index >= 15 is 0 Å². The fraction of sp³-hybridized carbons (Fsp3) is 0.417. The molecule has 3 N–H and O–H groups in total. The first-order chi connectivity index (χ1) is 8.60. The van der Waals surface area contributed by atoms with Crippen LogP contribution >= 0.6 is 0 Å². The Balaban J connectivity index is 2.70. The van der Waals surface area contributed by atoms with Crippen LogP contribution in [0, 0.1) is 6.92 Å². The van der Waals surface area contributed by atoms with E-state index in [4.69, 9.17) is 0 Å². The summed E-state index contributed by atoms with van der Waals surface area (Å²) in [5.41, 5.74) is -0.184. The quantitative estimate of drug-likeness (QED) is 0.761. The third kappa shape index (κ3) is 5.27. The lowest BCUT2D eigenvalue weighted by atomic mass is 10.1. The van der Waals surface area contributed by atoms with Gasteiger partial charge in [-0.1, -0.05) is 17.7 Å². The lowest BCUT2D eigenvalue weighted by Gasteiger charge is -2.17. The van der Waals surface area contributed by atoms with E-state index in [9.17, 15) is 18.3 Å². The maximum Gasteiger partial charge on any atom is 0.328 e. The molecule has 0 radical (unpaired) electrons. The van der Waals surface area contributed by atoms with Gasteiger partial charge in [-0.05, 0) is 32.9 Å². The largest absolute Gasteiger partial charge is 0.389 e. The van der Waals surface area contributed by atoms with Crippen LogP contribution in [0.5, 0.6) is 0 Å². The minimum Gasteiger partial charge on any atom is -0.389 e. The van der Waals surface area contributed by atoms with Gasteiger partial charge in [0, 0.05) is 6.54 Å². The molecule has 106 valence electrons. The Bertz CT molecular complexity index is 544. The first kappa shape index (κ1) is 15.5. The van der Waals surface area contributed by atoms with Gasteiger partial charge in [0.05, 0.1) is 10.5 Å². The molecule has 0 saturated carbocycles. The van der Waals surface area contributed by atoms with E-state index in [1.165, 1.54) is 26.0 Å². The zero-order chi connectivity index (χ0) is 14.7. The molecule has 1 aromatic carbocycles. The second-order valence-corrected chi connectivity index (χ2v) is 6.60. The van der Waals surface area contributed by atoms with Crippen LogP contribution in [0.2, 0.25) is 0 Å². The Hall–Kier alpha value is -1.60. The molecule has 19 heavy (non-hydrogen) atoms. The third-order valence-electron chi connectivity index (χ3n) is 2.24. The maximum absolute atomic E-state index is 11.8. The smallest absolute Gasteiger partial charge is 0.328 e. The molecular formula is C12H18N2O4S. The number of amides is 2. The van der Waals surface area contributed by atoms with Crippen molar-refractivity contribution in [3.8, 4) is 0 Å². The molecular weight excluding hydrogens is 268 g/mol. The molecule has 0 saturated heterocycles. The molecule has 7 heteroatoms. The number of hydrogen-bond acceptors (Lipinski definition) is 4. The van der Waals surface area contributed by atoms with Crippen LogP contribution in [0.4, 0.5) is 4.79 Å². The van der Waals surface area contributed by atoms with Gasteiger partial charge in [0.1, 0.15) is 0 Å². The molecule has 0 spiro atoms. The highest BCUT2D eigenvalue weighted by Crippen LogP contribution is 2.09. The van der Waals surface area contributed by atoms with Gasteiger partial charge in [-0.15, -0.1) is 0 Å². The van der Waals surface area contributed by atoms with Gasteiger partial charge < -0.3 is 10.4 Å². The monoisotopic (exact) mass is 286 g/mol. The highest BCUT2D eigenvalue weighted by Gasteiger charge is 2.19. The van der Waals surface area contributed by atoms with Crippen LogP contribution in [-0.4, -0.2) is 31.7 Å². The Morgan fingerprint density at radius 2 is 1.79 bits per heavy atom. The molecule has 0 aliphatic heterocycles. The molecule has 0 aliphatic carbocycles. The molecule has 0 atom stereocenters. The molecule has 0 aromatic heterocycles. The average molecular weight is 286 g/mol. The second-order valence-electron chi connectivity index (χ2n) is 4.91. The Kier molecular flexibility index (Phi) is 4.54. The van der Waals surface area contributed by atoms with Crippen LogP contribution in [0.25, 0.3) is 0 Å². The van der Waals surface area contributed by atoms with E-state index in [2.05, 4.69) is 5.32 Å². The highest BCUT2D eigenvalue weighted by atomic mass is 32.2. The van der Waals surface area contributed by atoms with Crippen molar-refractivity contribution in [2.75, 3.05) is 6.54 Å². The number of benzene rings is 1. The molecule has 0 bridgehead atoms. The lowest BCUT2D eigenvalue weighted by Crippen LogP contribution is -2.45. The predicted molar refractivity (Wildman–Crippen MR) is 71.2 cm³/mol. The predicted octanol–water partition coefficient (Wildman–Crippen LogP) is 0.754. The van der Waals surface area contributed by atoms with Gasteiger partial charge in [0.25, 0.3) is 10.0 Å². The lowest BCUT2D eigenvalue weighted by molar-refractivity contribution is 0.0822. The van der Waals surface area contributed by atoms with Crippen LogP contribution in [-0.2, 0) is 10.0 Å². The minimum atomic E-state index is -3.89. The van der Waals surface area contributed by atoms with Crippen molar-refractivity contribution in [3.05, 3.63) is 29.8 Å². The molecule has 0 unspecified atom stereocenters. The molecule has 0 aliphatic rings. The van der Waals surface area contributed by atoms with Crippen LogP contribution in [0.3, 0.4) is 0 Å². The molecule has 1 rings (SSSR count). The van der Waals surface area contributed by atoms with Gasteiger partial charge in [-0.25, -0.2) is 17.9 Å². The second kappa shape index (κ2) is 5.58. The normalized spacial score (nSPS) is 12.0. The van der Waals surface area contributed by atoms with Crippen molar-refractivity contribution in [1.82, 2.24) is 10.0 Å². The number of aliphatic hydroxyl groups is 1. The van der Waals surface area contributed by atoms with Crippen molar-refractivity contribution >= 4 is 16.1 Å². The van der Waals surface area contributed by atoms with E-state index < -0.39 is 21.7 Å². The van der Waals surface area contributed by atoms with E-state index in [1.807, 2.05) is 11.6 Å². The summed E-state index contributed by atoms with van der Waals surface area (Å²) in [6, 6.07) is 5.25. The summed E-state index contributed by atoms with van der Waals surface area (Å²) in [6.07, 6.45) is 0. The summed E-state index contributed by atoms with van der Waals surface area (Å²) in [5.74, 6) is 0. The average Bonchev–Trinajstić information content (AvgIpc) is 2.25. The molecule has 2 amide bonds. The van der Waals surface area contributed by atoms with Crippen LogP contribution in [0.1, 0.15) is 19.4 Å². The Morgan fingerprint density at radius 3 is 2.26 bits per heavy atom. The van der Waals surface area contributed by atoms with Crippen molar-refractivity contribution in [2.24, 2.45) is 0 Å². The van der Waals surface area contributed by atoms with Gasteiger partial charge in [0.15, 0.2) is 0 Å². The van der Waals surface area contributed by atoms with Crippen molar-refractivity contribution in [1.29, 1.82) is 0 Å². The highest BCUT2D eigenvalue weighted by molar-refractivity contribution is 7.90. The third-order valence-corrected chi connectivity index (χ3v) is 3.59. The Morgan fingerprint density at radius 1 is 1.26 bits per heavy atom. The van der Waals surface area contributed by atoms with Gasteiger partial charge in [-0.3, -0.25) is 0 Å². The number of urea groups is 1. The van der Waals surface area contributed by atoms with Crippen molar-refractivity contribution in [3.63, 3.8) is 0 Å². The standard InChI is InChI=1S/C12H18N2O4S/c1-9-4-6-10(7-5-9)19(17,18)14-11(15)13-8-12(2,3)16/h4-7,16H,8H2,1-3H3,(H2,13,14,15). The summed E-state index contributed by atoms with van der Waals surface area (Å²) >= 11 is 0. The fourth-order valence-electron chi connectivity index (χ4n) is 1.23. The molecule has 1 aromatic rings. The van der Waals surface area contributed by atoms with Crippen LogP contribution in [0.15, 0.2) is 29.2 Å². The number of nitrogens with one attached hydrogen (secondary N) is 2. The maximum atomic E-state index is 11.8. The summed E-state index contributed by atoms with van der Waals surface area (Å²) in [5, 5.41) is 11.7. The number of carbonyl (C=O) groups excluding carboxylic acids is 1. The number of sulfonamides is 1. The molecule has 0 fully saturated rings. The molecule has 0 heterocycles. The molecule has 6 nitrogen and oxygen atoms in total. The minimum absolute atomic E-state index is 0.0107. The summed E-state index contributed by atoms with van der Waals surface area (Å²) in [4.78, 5) is 11.4. The van der Waals surface area contributed by atoms with E-state index in [0.29, 0.717) is 0 Å². The summed E-state index contributed by atoms with van der Waals surface area (Å²) in [7, 11) is -3.89. The SMILES string of the molecule is Cc1ccc(S(=O)(=O)NC(=O)NCC(C)(C)O)cc1. The number of aryl methyl sites for hydroxylation is 1. The topological polar surface area (TPSA) is 95.5 Å². The number of rotatable bonds is 4. The Labute approximate surface area is 112 Å². The van der Waals surface area contributed by atoms with E-state index in [1.54, 1.807) is 12.1 Å². The van der Waals surface area contributed by atoms with Gasteiger partial charge >= 0.3 is 6.03 Å². The van der Waals surface area contributed by atoms with Crippen molar-refractivity contribution in [2.45, 2.75) is 31.3 Å². The van der Waals surface area contributed by atoms with E-state index in [0.717, 1.165) is 5.56 Å². The first-order valence-corrected chi connectivity index (χ1v) is 7.18. The van der Waals surface area contributed by atoms with E-state index in [-0.39, 0.29) is 11.4 Å². The first-order valence-electron chi connectivity index (χ1n) is 5.70. The zero-order valence-corrected chi connectivity index (χ0v) is 11.9. The zero-order valence-electron chi connectivity index (χ0n) is 11.1. The number of carbonyl (C=O) groups is 1. The van der Waals surface area contributed by atoms with Gasteiger partial charge in [0.2, 0.25) is 0 Å². The number of hydrogen-bond donors (Lipinski definition) is 3. The summed E-state index contributed by atoms with van der Waals surface area (Å²) < 4.78 is 25.6. The van der Waals surface area contributed by atoms with Crippen molar-refractivity contribution < 1.29 is 18.3 Å². The van der Waals surface area contributed by atoms with Crippen LogP contribution < -0.4 is 10.0 Å². The van der Waals surface area contributed by atoms with Gasteiger partial charge in [-0.2, -0.15) is 0 Å². The fourth-order valence-corrected chi connectivity index (χ4v) is 2.16.